The Morgan fingerprint density at radius 3 is 2.67 bits per heavy atom. The molecule has 0 aliphatic rings. The van der Waals surface area contributed by atoms with Crippen LogP contribution in [0.1, 0.15) is 32.4 Å². The maximum Gasteiger partial charge on any atom is 0.223 e. The number of benzene rings is 1. The van der Waals surface area contributed by atoms with Crippen molar-refractivity contribution in [2.75, 3.05) is 0 Å². The van der Waals surface area contributed by atoms with Gasteiger partial charge in [-0.05, 0) is 25.0 Å². The number of carbonyl (C=O) groups excluding carboxylic acids is 1. The van der Waals surface area contributed by atoms with Gasteiger partial charge in [0.05, 0.1) is 6.54 Å². The zero-order valence-corrected chi connectivity index (χ0v) is 10.9. The van der Waals surface area contributed by atoms with Crippen LogP contribution in [0, 0.1) is 5.92 Å². The van der Waals surface area contributed by atoms with E-state index >= 15 is 0 Å². The third kappa shape index (κ3) is 2.73. The zero-order chi connectivity index (χ0) is 13.0. The highest BCUT2D eigenvalue weighted by atomic mass is 16.3. The Kier molecular flexibility index (Phi) is 4.03. The summed E-state index contributed by atoms with van der Waals surface area (Å²) < 4.78 is 5.65. The lowest BCUT2D eigenvalue weighted by Crippen LogP contribution is -2.29. The standard InChI is InChI=1S/C15H19NO2/c1-3-11(4-2)15(17)16-10-13-9-12-7-5-6-8-14(12)18-13/h5-9,11H,3-4,10H2,1-2H3,(H,16,17). The number of nitrogens with one attached hydrogen (secondary N) is 1. The van der Waals surface area contributed by atoms with Crippen LogP contribution in [0.15, 0.2) is 34.7 Å². The Bertz CT molecular complexity index is 493. The molecule has 0 aliphatic carbocycles. The molecule has 1 amide bonds. The quantitative estimate of drug-likeness (QED) is 0.876. The molecule has 18 heavy (non-hydrogen) atoms. The highest BCUT2D eigenvalue weighted by Gasteiger charge is 2.14. The molecular weight excluding hydrogens is 226 g/mol. The van der Waals surface area contributed by atoms with Gasteiger partial charge in [0.1, 0.15) is 11.3 Å². The third-order valence-corrected chi connectivity index (χ3v) is 3.27. The van der Waals surface area contributed by atoms with E-state index in [9.17, 15) is 4.79 Å². The molecule has 2 rings (SSSR count). The minimum atomic E-state index is 0.106. The van der Waals surface area contributed by atoms with Crippen molar-refractivity contribution < 1.29 is 9.21 Å². The summed E-state index contributed by atoms with van der Waals surface area (Å²) >= 11 is 0. The van der Waals surface area contributed by atoms with Gasteiger partial charge in [-0.3, -0.25) is 4.79 Å². The number of furan rings is 1. The van der Waals surface area contributed by atoms with Gasteiger partial charge >= 0.3 is 0 Å². The second-order valence-corrected chi connectivity index (χ2v) is 4.48. The first-order valence-corrected chi connectivity index (χ1v) is 6.49. The topological polar surface area (TPSA) is 42.2 Å². The summed E-state index contributed by atoms with van der Waals surface area (Å²) in [5.41, 5.74) is 0.865. The van der Waals surface area contributed by atoms with Crippen molar-refractivity contribution in [3.05, 3.63) is 36.1 Å². The lowest BCUT2D eigenvalue weighted by molar-refractivity contribution is -0.125. The number of amides is 1. The maximum absolute atomic E-state index is 11.8. The van der Waals surface area contributed by atoms with Gasteiger partial charge in [0, 0.05) is 11.3 Å². The van der Waals surface area contributed by atoms with E-state index in [-0.39, 0.29) is 11.8 Å². The first-order chi connectivity index (χ1) is 8.74. The predicted octanol–water partition coefficient (Wildman–Crippen LogP) is 3.49. The maximum atomic E-state index is 11.8. The van der Waals surface area contributed by atoms with Gasteiger partial charge in [0.2, 0.25) is 5.91 Å². The summed E-state index contributed by atoms with van der Waals surface area (Å²) in [4.78, 5) is 11.8. The van der Waals surface area contributed by atoms with E-state index in [4.69, 9.17) is 4.42 Å². The monoisotopic (exact) mass is 245 g/mol. The Morgan fingerprint density at radius 2 is 2.00 bits per heavy atom. The molecule has 0 saturated carbocycles. The number of carbonyl (C=O) groups is 1. The van der Waals surface area contributed by atoms with Crippen molar-refractivity contribution in [3.8, 4) is 0 Å². The predicted molar refractivity (Wildman–Crippen MR) is 72.1 cm³/mol. The molecule has 1 heterocycles. The molecule has 0 atom stereocenters. The van der Waals surface area contributed by atoms with Crippen molar-refractivity contribution in [2.45, 2.75) is 33.2 Å². The zero-order valence-electron chi connectivity index (χ0n) is 10.9. The van der Waals surface area contributed by atoms with Gasteiger partial charge in [-0.15, -0.1) is 0 Å². The van der Waals surface area contributed by atoms with Gasteiger partial charge in [-0.1, -0.05) is 32.0 Å². The SMILES string of the molecule is CCC(CC)C(=O)NCc1cc2ccccc2o1. The van der Waals surface area contributed by atoms with Gasteiger partial charge in [0.15, 0.2) is 0 Å². The molecule has 0 unspecified atom stereocenters. The molecule has 0 radical (unpaired) electrons. The van der Waals surface area contributed by atoms with Crippen LogP contribution in [-0.4, -0.2) is 5.91 Å². The molecule has 1 N–H and O–H groups in total. The van der Waals surface area contributed by atoms with Gasteiger partial charge < -0.3 is 9.73 Å². The van der Waals surface area contributed by atoms with Crippen LogP contribution in [-0.2, 0) is 11.3 Å². The molecular formula is C15H19NO2. The molecule has 0 fully saturated rings. The largest absolute Gasteiger partial charge is 0.459 e. The van der Waals surface area contributed by atoms with E-state index in [0.29, 0.717) is 6.54 Å². The lowest BCUT2D eigenvalue weighted by atomic mass is 10.0. The second-order valence-electron chi connectivity index (χ2n) is 4.48. The van der Waals surface area contributed by atoms with E-state index in [1.54, 1.807) is 0 Å². The van der Waals surface area contributed by atoms with E-state index in [2.05, 4.69) is 5.32 Å². The molecule has 0 aliphatic heterocycles. The number of hydrogen-bond donors (Lipinski definition) is 1. The Balaban J connectivity index is 1.99. The van der Waals surface area contributed by atoms with Crippen LogP contribution in [0.5, 0.6) is 0 Å². The Labute approximate surface area is 107 Å². The molecule has 2 aromatic rings. The number of rotatable bonds is 5. The van der Waals surface area contributed by atoms with E-state index in [1.807, 2.05) is 44.2 Å². The molecule has 0 saturated heterocycles. The summed E-state index contributed by atoms with van der Waals surface area (Å²) in [6.07, 6.45) is 1.75. The molecule has 3 heteroatoms. The van der Waals surface area contributed by atoms with Crippen LogP contribution >= 0.6 is 0 Å². The van der Waals surface area contributed by atoms with Crippen molar-refractivity contribution in [3.63, 3.8) is 0 Å². The van der Waals surface area contributed by atoms with Gasteiger partial charge in [0.25, 0.3) is 0 Å². The van der Waals surface area contributed by atoms with Crippen LogP contribution in [0.25, 0.3) is 11.0 Å². The highest BCUT2D eigenvalue weighted by Crippen LogP contribution is 2.18. The average Bonchev–Trinajstić information content (AvgIpc) is 2.80. The van der Waals surface area contributed by atoms with Crippen molar-refractivity contribution in [2.24, 2.45) is 5.92 Å². The first-order valence-electron chi connectivity index (χ1n) is 6.49. The first kappa shape index (κ1) is 12.7. The fourth-order valence-corrected chi connectivity index (χ4v) is 2.10. The fraction of sp³-hybridized carbons (Fsp3) is 0.400. The Morgan fingerprint density at radius 1 is 1.28 bits per heavy atom. The van der Waals surface area contributed by atoms with Gasteiger partial charge in [-0.25, -0.2) is 0 Å². The minimum Gasteiger partial charge on any atom is -0.459 e. The van der Waals surface area contributed by atoms with E-state index in [1.165, 1.54) is 0 Å². The van der Waals surface area contributed by atoms with E-state index < -0.39 is 0 Å². The third-order valence-electron chi connectivity index (χ3n) is 3.27. The molecule has 0 bridgehead atoms. The van der Waals surface area contributed by atoms with Gasteiger partial charge in [-0.2, -0.15) is 0 Å². The normalized spacial score (nSPS) is 11.1. The van der Waals surface area contributed by atoms with Crippen LogP contribution in [0.4, 0.5) is 0 Å². The van der Waals surface area contributed by atoms with E-state index in [0.717, 1.165) is 29.6 Å². The summed E-state index contributed by atoms with van der Waals surface area (Å²) in [5.74, 6) is 1.02. The van der Waals surface area contributed by atoms with Crippen LogP contribution in [0.3, 0.4) is 0 Å². The summed E-state index contributed by atoms with van der Waals surface area (Å²) in [7, 11) is 0. The Hall–Kier alpha value is -1.77. The van der Waals surface area contributed by atoms with Crippen molar-refractivity contribution in [1.29, 1.82) is 0 Å². The number of para-hydroxylation sites is 1. The molecule has 0 spiro atoms. The summed E-state index contributed by atoms with van der Waals surface area (Å²) in [6.45, 7) is 4.54. The van der Waals surface area contributed by atoms with Crippen LogP contribution in [0.2, 0.25) is 0 Å². The molecule has 1 aromatic carbocycles. The minimum absolute atomic E-state index is 0.106. The number of hydrogen-bond acceptors (Lipinski definition) is 2. The average molecular weight is 245 g/mol. The summed E-state index contributed by atoms with van der Waals surface area (Å²) in [6, 6.07) is 9.83. The lowest BCUT2D eigenvalue weighted by Gasteiger charge is -2.11. The smallest absolute Gasteiger partial charge is 0.223 e. The molecule has 96 valence electrons. The van der Waals surface area contributed by atoms with Crippen LogP contribution < -0.4 is 5.32 Å². The second kappa shape index (κ2) is 5.71. The molecule has 3 nitrogen and oxygen atoms in total. The summed E-state index contributed by atoms with van der Waals surface area (Å²) in [5, 5.41) is 4.00. The number of fused-ring (bicyclic) bond motifs is 1. The molecule has 1 aromatic heterocycles. The van der Waals surface area contributed by atoms with Crippen molar-refractivity contribution >= 4 is 16.9 Å². The van der Waals surface area contributed by atoms with Crippen molar-refractivity contribution in [1.82, 2.24) is 5.32 Å². The highest BCUT2D eigenvalue weighted by molar-refractivity contribution is 5.79. The fourth-order valence-electron chi connectivity index (χ4n) is 2.10.